The normalized spacial score (nSPS) is 12.2. The highest BCUT2D eigenvalue weighted by Gasteiger charge is 2.15. The second-order valence-electron chi connectivity index (χ2n) is 4.86. The molecule has 0 amide bonds. The van der Waals surface area contributed by atoms with E-state index >= 15 is 0 Å². The van der Waals surface area contributed by atoms with E-state index in [1.807, 2.05) is 61.7 Å². The molecule has 0 aliphatic heterocycles. The number of nitrogens with two attached hydrogens (primary N) is 1. The molecule has 20 heavy (non-hydrogen) atoms. The number of anilines is 1. The van der Waals surface area contributed by atoms with Crippen LogP contribution in [-0.4, -0.2) is 28.9 Å². The number of nitrogens with zero attached hydrogens (tertiary/aromatic N) is 4. The third kappa shape index (κ3) is 2.91. The van der Waals surface area contributed by atoms with E-state index in [4.69, 9.17) is 10.5 Å². The largest absolute Gasteiger partial charge is 0.424 e. The van der Waals surface area contributed by atoms with Crippen LogP contribution in [0, 0.1) is 0 Å². The van der Waals surface area contributed by atoms with Crippen LogP contribution in [0.3, 0.4) is 0 Å². The highest BCUT2D eigenvalue weighted by atomic mass is 16.5. The van der Waals surface area contributed by atoms with Crippen LogP contribution < -0.4 is 15.4 Å². The molecule has 2 rings (SSSR count). The molecule has 0 aliphatic carbocycles. The van der Waals surface area contributed by atoms with E-state index in [-0.39, 0.29) is 6.04 Å². The van der Waals surface area contributed by atoms with E-state index in [2.05, 4.69) is 10.2 Å². The number of hydrogen-bond acceptors (Lipinski definition) is 5. The van der Waals surface area contributed by atoms with Crippen LogP contribution in [0.1, 0.15) is 25.7 Å². The molecule has 6 heteroatoms. The van der Waals surface area contributed by atoms with Gasteiger partial charge in [-0.2, -0.15) is 0 Å². The van der Waals surface area contributed by atoms with Gasteiger partial charge >= 0.3 is 6.01 Å². The zero-order chi connectivity index (χ0) is 14.7. The number of aromatic nitrogens is 3. The minimum Gasteiger partial charge on any atom is -0.424 e. The second-order valence-corrected chi connectivity index (χ2v) is 4.86. The Morgan fingerprint density at radius 3 is 2.40 bits per heavy atom. The molecule has 0 fully saturated rings. The van der Waals surface area contributed by atoms with Gasteiger partial charge in [-0.05, 0) is 38.1 Å². The van der Waals surface area contributed by atoms with Gasteiger partial charge in [0.1, 0.15) is 5.75 Å². The molecule has 2 aromatic rings. The SMILES string of the molecule is CCn1c(Oc2ccc(N(C)C)cc2)nnc1[C@@H](C)N. The van der Waals surface area contributed by atoms with Crippen LogP contribution in [0.15, 0.2) is 24.3 Å². The van der Waals surface area contributed by atoms with Gasteiger partial charge in [0.2, 0.25) is 0 Å². The summed E-state index contributed by atoms with van der Waals surface area (Å²) < 4.78 is 7.66. The van der Waals surface area contributed by atoms with Crippen molar-refractivity contribution in [3.63, 3.8) is 0 Å². The summed E-state index contributed by atoms with van der Waals surface area (Å²) in [5.74, 6) is 1.46. The lowest BCUT2D eigenvalue weighted by Crippen LogP contribution is -2.13. The number of ether oxygens (including phenoxy) is 1. The van der Waals surface area contributed by atoms with Crippen molar-refractivity contribution in [2.75, 3.05) is 19.0 Å². The van der Waals surface area contributed by atoms with E-state index in [0.717, 1.165) is 23.8 Å². The summed E-state index contributed by atoms with van der Waals surface area (Å²) in [6.45, 7) is 4.61. The van der Waals surface area contributed by atoms with E-state index in [1.165, 1.54) is 0 Å². The van der Waals surface area contributed by atoms with E-state index < -0.39 is 0 Å². The molecule has 1 heterocycles. The zero-order valence-electron chi connectivity index (χ0n) is 12.4. The van der Waals surface area contributed by atoms with Crippen molar-refractivity contribution in [3.8, 4) is 11.8 Å². The zero-order valence-corrected chi connectivity index (χ0v) is 12.4. The van der Waals surface area contributed by atoms with Crippen molar-refractivity contribution in [1.29, 1.82) is 0 Å². The third-order valence-electron chi connectivity index (χ3n) is 3.03. The Hall–Kier alpha value is -2.08. The van der Waals surface area contributed by atoms with E-state index in [0.29, 0.717) is 6.01 Å². The summed E-state index contributed by atoms with van der Waals surface area (Å²) in [4.78, 5) is 2.03. The molecule has 0 saturated carbocycles. The Labute approximate surface area is 119 Å². The van der Waals surface area contributed by atoms with Crippen molar-refractivity contribution in [2.24, 2.45) is 5.73 Å². The van der Waals surface area contributed by atoms with Crippen molar-refractivity contribution >= 4 is 5.69 Å². The molecule has 0 spiro atoms. The Kier molecular flexibility index (Phi) is 4.24. The molecular weight excluding hydrogens is 254 g/mol. The molecule has 0 bridgehead atoms. The van der Waals surface area contributed by atoms with E-state index in [1.54, 1.807) is 0 Å². The highest BCUT2D eigenvalue weighted by Crippen LogP contribution is 2.24. The predicted octanol–water partition coefficient (Wildman–Crippen LogP) is 2.18. The molecular formula is C14H21N5O. The fourth-order valence-corrected chi connectivity index (χ4v) is 1.93. The van der Waals surface area contributed by atoms with Gasteiger partial charge in [-0.25, -0.2) is 0 Å². The lowest BCUT2D eigenvalue weighted by atomic mass is 10.3. The molecule has 0 aliphatic rings. The maximum Gasteiger partial charge on any atom is 0.322 e. The van der Waals surface area contributed by atoms with Crippen molar-refractivity contribution in [1.82, 2.24) is 14.8 Å². The lowest BCUT2D eigenvalue weighted by Gasteiger charge is -2.13. The third-order valence-corrected chi connectivity index (χ3v) is 3.03. The average molecular weight is 275 g/mol. The van der Waals surface area contributed by atoms with Gasteiger partial charge in [-0.3, -0.25) is 4.57 Å². The van der Waals surface area contributed by atoms with Gasteiger partial charge in [-0.15, -0.1) is 5.10 Å². The maximum atomic E-state index is 5.87. The van der Waals surface area contributed by atoms with Gasteiger partial charge in [0.15, 0.2) is 5.82 Å². The minimum atomic E-state index is -0.170. The van der Waals surface area contributed by atoms with Gasteiger partial charge < -0.3 is 15.4 Å². The monoisotopic (exact) mass is 275 g/mol. The molecule has 0 unspecified atom stereocenters. The predicted molar refractivity (Wildman–Crippen MR) is 79.1 cm³/mol. The highest BCUT2D eigenvalue weighted by molar-refractivity contribution is 5.47. The van der Waals surface area contributed by atoms with Gasteiger partial charge in [0.25, 0.3) is 0 Å². The van der Waals surface area contributed by atoms with Crippen LogP contribution in [0.4, 0.5) is 5.69 Å². The average Bonchev–Trinajstić information content (AvgIpc) is 2.82. The van der Waals surface area contributed by atoms with Crippen LogP contribution in [0.2, 0.25) is 0 Å². The summed E-state index contributed by atoms with van der Waals surface area (Å²) >= 11 is 0. The van der Waals surface area contributed by atoms with Crippen molar-refractivity contribution in [2.45, 2.75) is 26.4 Å². The summed E-state index contributed by atoms with van der Waals surface area (Å²) in [6.07, 6.45) is 0. The fraction of sp³-hybridized carbons (Fsp3) is 0.429. The molecule has 2 N–H and O–H groups in total. The molecule has 1 aromatic heterocycles. The van der Waals surface area contributed by atoms with Gasteiger partial charge in [-0.1, -0.05) is 5.10 Å². The Bertz CT molecular complexity index is 559. The Balaban J connectivity index is 2.21. The van der Waals surface area contributed by atoms with Crippen LogP contribution >= 0.6 is 0 Å². The Morgan fingerprint density at radius 1 is 1.25 bits per heavy atom. The quantitative estimate of drug-likeness (QED) is 0.905. The fourth-order valence-electron chi connectivity index (χ4n) is 1.93. The summed E-state index contributed by atoms with van der Waals surface area (Å²) in [7, 11) is 4.00. The lowest BCUT2D eigenvalue weighted by molar-refractivity contribution is 0.409. The second kappa shape index (κ2) is 5.92. The molecule has 0 radical (unpaired) electrons. The number of hydrogen-bond donors (Lipinski definition) is 1. The topological polar surface area (TPSA) is 69.2 Å². The molecule has 6 nitrogen and oxygen atoms in total. The molecule has 108 valence electrons. The van der Waals surface area contributed by atoms with Crippen molar-refractivity contribution in [3.05, 3.63) is 30.1 Å². The van der Waals surface area contributed by atoms with Gasteiger partial charge in [0, 0.05) is 26.3 Å². The smallest absolute Gasteiger partial charge is 0.322 e. The standard InChI is InChI=1S/C14H21N5O/c1-5-19-13(10(2)15)16-17-14(19)20-12-8-6-11(7-9-12)18(3)4/h6-10H,5,15H2,1-4H3/t10-/m1/s1. The summed E-state index contributed by atoms with van der Waals surface area (Å²) in [5, 5.41) is 8.14. The maximum absolute atomic E-state index is 5.87. The minimum absolute atomic E-state index is 0.170. The number of benzene rings is 1. The molecule has 0 saturated heterocycles. The van der Waals surface area contributed by atoms with Crippen LogP contribution in [0.25, 0.3) is 0 Å². The first-order valence-electron chi connectivity index (χ1n) is 6.66. The van der Waals surface area contributed by atoms with Crippen LogP contribution in [-0.2, 0) is 6.54 Å². The van der Waals surface area contributed by atoms with Crippen LogP contribution in [0.5, 0.6) is 11.8 Å². The van der Waals surface area contributed by atoms with Crippen molar-refractivity contribution < 1.29 is 4.74 Å². The Morgan fingerprint density at radius 2 is 1.90 bits per heavy atom. The van der Waals surface area contributed by atoms with Gasteiger partial charge in [0.05, 0.1) is 6.04 Å². The first-order chi connectivity index (χ1) is 9.52. The molecule has 1 atom stereocenters. The number of rotatable bonds is 5. The summed E-state index contributed by atoms with van der Waals surface area (Å²) in [5.41, 5.74) is 6.98. The van der Waals surface area contributed by atoms with E-state index in [9.17, 15) is 0 Å². The summed E-state index contributed by atoms with van der Waals surface area (Å²) in [6, 6.07) is 8.11. The molecule has 1 aromatic carbocycles. The first-order valence-corrected chi connectivity index (χ1v) is 6.66. The first kappa shape index (κ1) is 14.3.